The third kappa shape index (κ3) is 3.92. The standard InChI is InChI=1S/C17H24O3/c1-6-12-17(5,15(19)20-16(2,3)4)14(18)13-10-8-7-9-11-13/h7-11H,6,12H2,1-5H3. The molecule has 0 aliphatic heterocycles. The fourth-order valence-corrected chi connectivity index (χ4v) is 2.11. The quantitative estimate of drug-likeness (QED) is 0.463. The molecule has 0 aliphatic carbocycles. The number of benzene rings is 1. The molecule has 3 nitrogen and oxygen atoms in total. The molecule has 110 valence electrons. The van der Waals surface area contributed by atoms with Crippen molar-refractivity contribution in [3.63, 3.8) is 0 Å². The summed E-state index contributed by atoms with van der Waals surface area (Å²) >= 11 is 0. The van der Waals surface area contributed by atoms with Gasteiger partial charge in [-0.2, -0.15) is 0 Å². The summed E-state index contributed by atoms with van der Waals surface area (Å²) < 4.78 is 5.44. The molecule has 3 heteroatoms. The van der Waals surface area contributed by atoms with Gasteiger partial charge in [-0.1, -0.05) is 43.7 Å². The number of hydrogen-bond donors (Lipinski definition) is 0. The first-order chi connectivity index (χ1) is 9.20. The molecule has 1 aromatic rings. The van der Waals surface area contributed by atoms with Crippen molar-refractivity contribution in [3.05, 3.63) is 35.9 Å². The number of ketones is 1. The van der Waals surface area contributed by atoms with Crippen LogP contribution in [0, 0.1) is 5.41 Å². The van der Waals surface area contributed by atoms with Crippen molar-refractivity contribution >= 4 is 11.8 Å². The van der Waals surface area contributed by atoms with E-state index in [1.807, 2.05) is 33.8 Å². The first kappa shape index (κ1) is 16.4. The number of hydrogen-bond acceptors (Lipinski definition) is 3. The molecule has 0 amide bonds. The fraction of sp³-hybridized carbons (Fsp3) is 0.529. The van der Waals surface area contributed by atoms with Crippen LogP contribution in [-0.2, 0) is 9.53 Å². The molecule has 1 aromatic carbocycles. The zero-order chi connectivity index (χ0) is 15.4. The Balaban J connectivity index is 3.08. The van der Waals surface area contributed by atoms with Crippen LogP contribution >= 0.6 is 0 Å². The van der Waals surface area contributed by atoms with Crippen LogP contribution < -0.4 is 0 Å². The Hall–Kier alpha value is -1.64. The molecule has 0 saturated carbocycles. The molecule has 0 bridgehead atoms. The first-order valence-corrected chi connectivity index (χ1v) is 7.04. The van der Waals surface area contributed by atoms with E-state index < -0.39 is 17.0 Å². The van der Waals surface area contributed by atoms with Crippen molar-refractivity contribution in [1.29, 1.82) is 0 Å². The summed E-state index contributed by atoms with van der Waals surface area (Å²) in [5.74, 6) is -0.616. The predicted octanol–water partition coefficient (Wildman–Crippen LogP) is 4.02. The third-order valence-electron chi connectivity index (χ3n) is 3.14. The van der Waals surface area contributed by atoms with Gasteiger partial charge in [0.1, 0.15) is 11.0 Å². The normalized spacial score (nSPS) is 14.4. The lowest BCUT2D eigenvalue weighted by Gasteiger charge is -2.30. The SMILES string of the molecule is CCCC(C)(C(=O)OC(C)(C)C)C(=O)c1ccccc1. The minimum atomic E-state index is -1.12. The Morgan fingerprint density at radius 2 is 1.60 bits per heavy atom. The summed E-state index contributed by atoms with van der Waals surface area (Å²) in [5, 5.41) is 0. The van der Waals surface area contributed by atoms with E-state index in [-0.39, 0.29) is 5.78 Å². The summed E-state index contributed by atoms with van der Waals surface area (Å²) in [5.41, 5.74) is -1.17. The van der Waals surface area contributed by atoms with E-state index in [0.29, 0.717) is 12.0 Å². The van der Waals surface area contributed by atoms with Crippen LogP contribution in [0.1, 0.15) is 57.8 Å². The van der Waals surface area contributed by atoms with Gasteiger partial charge in [-0.25, -0.2) is 0 Å². The molecule has 1 atom stereocenters. The first-order valence-electron chi connectivity index (χ1n) is 7.04. The molecule has 0 radical (unpaired) electrons. The zero-order valence-electron chi connectivity index (χ0n) is 13.0. The minimum absolute atomic E-state index is 0.172. The van der Waals surface area contributed by atoms with E-state index in [1.165, 1.54) is 0 Å². The Morgan fingerprint density at radius 3 is 2.05 bits per heavy atom. The largest absolute Gasteiger partial charge is 0.459 e. The van der Waals surface area contributed by atoms with Crippen LogP contribution in [0.3, 0.4) is 0 Å². The van der Waals surface area contributed by atoms with E-state index in [1.54, 1.807) is 31.2 Å². The van der Waals surface area contributed by atoms with Crippen molar-refractivity contribution in [3.8, 4) is 0 Å². The molecule has 0 saturated heterocycles. The lowest BCUT2D eigenvalue weighted by molar-refractivity contribution is -0.163. The second-order valence-electron chi connectivity index (χ2n) is 6.28. The molecule has 0 heterocycles. The average Bonchev–Trinajstić information content (AvgIpc) is 2.37. The molecule has 0 N–H and O–H groups in total. The van der Waals surface area contributed by atoms with Crippen molar-refractivity contribution in [2.24, 2.45) is 5.41 Å². The van der Waals surface area contributed by atoms with E-state index in [4.69, 9.17) is 4.74 Å². The molecular weight excluding hydrogens is 252 g/mol. The number of esters is 1. The number of rotatable bonds is 5. The highest BCUT2D eigenvalue weighted by atomic mass is 16.6. The maximum atomic E-state index is 12.7. The highest BCUT2D eigenvalue weighted by Gasteiger charge is 2.43. The fourth-order valence-electron chi connectivity index (χ4n) is 2.11. The Morgan fingerprint density at radius 1 is 1.05 bits per heavy atom. The molecule has 0 spiro atoms. The van der Waals surface area contributed by atoms with E-state index >= 15 is 0 Å². The second-order valence-corrected chi connectivity index (χ2v) is 6.28. The van der Waals surface area contributed by atoms with Crippen molar-refractivity contribution in [2.75, 3.05) is 0 Å². The van der Waals surface area contributed by atoms with Gasteiger partial charge in [0.15, 0.2) is 5.78 Å². The van der Waals surface area contributed by atoms with E-state index in [2.05, 4.69) is 0 Å². The van der Waals surface area contributed by atoms with Gasteiger partial charge in [-0.05, 0) is 34.1 Å². The van der Waals surface area contributed by atoms with Crippen LogP contribution in [0.5, 0.6) is 0 Å². The van der Waals surface area contributed by atoms with Crippen LogP contribution in [0.15, 0.2) is 30.3 Å². The molecule has 20 heavy (non-hydrogen) atoms. The summed E-state index contributed by atoms with van der Waals surface area (Å²) in [4.78, 5) is 25.1. The van der Waals surface area contributed by atoms with E-state index in [0.717, 1.165) is 6.42 Å². The minimum Gasteiger partial charge on any atom is -0.459 e. The van der Waals surface area contributed by atoms with Crippen molar-refractivity contribution < 1.29 is 14.3 Å². The van der Waals surface area contributed by atoms with Gasteiger partial charge >= 0.3 is 5.97 Å². The van der Waals surface area contributed by atoms with Gasteiger partial charge in [0.25, 0.3) is 0 Å². The van der Waals surface area contributed by atoms with Crippen LogP contribution in [0.25, 0.3) is 0 Å². The zero-order valence-corrected chi connectivity index (χ0v) is 13.0. The number of carbonyl (C=O) groups is 2. The van der Waals surface area contributed by atoms with Gasteiger partial charge in [-0.3, -0.25) is 9.59 Å². The maximum Gasteiger partial charge on any atom is 0.320 e. The van der Waals surface area contributed by atoms with Gasteiger partial charge in [0, 0.05) is 5.56 Å². The molecule has 0 fully saturated rings. The Kier molecular flexibility index (Phi) is 5.09. The van der Waals surface area contributed by atoms with Crippen LogP contribution in [0.2, 0.25) is 0 Å². The molecule has 1 rings (SSSR count). The van der Waals surface area contributed by atoms with Gasteiger partial charge < -0.3 is 4.74 Å². The van der Waals surface area contributed by atoms with Gasteiger partial charge in [0.2, 0.25) is 0 Å². The smallest absolute Gasteiger partial charge is 0.320 e. The van der Waals surface area contributed by atoms with Gasteiger partial charge in [-0.15, -0.1) is 0 Å². The topological polar surface area (TPSA) is 43.4 Å². The second kappa shape index (κ2) is 6.21. The summed E-state index contributed by atoms with van der Waals surface area (Å²) in [7, 11) is 0. The highest BCUT2D eigenvalue weighted by Crippen LogP contribution is 2.31. The lowest BCUT2D eigenvalue weighted by Crippen LogP contribution is -2.41. The summed E-state index contributed by atoms with van der Waals surface area (Å²) in [6, 6.07) is 8.92. The summed E-state index contributed by atoms with van der Waals surface area (Å²) in [6.07, 6.45) is 1.23. The molecular formula is C17H24O3. The van der Waals surface area contributed by atoms with Crippen LogP contribution in [0.4, 0.5) is 0 Å². The Bertz CT molecular complexity index is 471. The number of Topliss-reactive ketones (excluding diaryl/α,β-unsaturated/α-hetero) is 1. The molecule has 1 unspecified atom stereocenters. The predicted molar refractivity (Wildman–Crippen MR) is 79.6 cm³/mol. The lowest BCUT2D eigenvalue weighted by atomic mass is 9.78. The molecule has 0 aliphatic rings. The third-order valence-corrected chi connectivity index (χ3v) is 3.14. The Labute approximate surface area is 121 Å². The maximum absolute atomic E-state index is 12.7. The van der Waals surface area contributed by atoms with E-state index in [9.17, 15) is 9.59 Å². The van der Waals surface area contributed by atoms with Crippen molar-refractivity contribution in [1.82, 2.24) is 0 Å². The molecule has 0 aromatic heterocycles. The van der Waals surface area contributed by atoms with Crippen LogP contribution in [-0.4, -0.2) is 17.4 Å². The van der Waals surface area contributed by atoms with Gasteiger partial charge in [0.05, 0.1) is 0 Å². The highest BCUT2D eigenvalue weighted by molar-refractivity contribution is 6.12. The van der Waals surface area contributed by atoms with Crippen molar-refractivity contribution in [2.45, 2.75) is 53.1 Å². The number of carbonyl (C=O) groups excluding carboxylic acids is 2. The average molecular weight is 276 g/mol. The monoisotopic (exact) mass is 276 g/mol. The summed E-state index contributed by atoms with van der Waals surface area (Å²) in [6.45, 7) is 9.07. The number of ether oxygens (including phenoxy) is 1.